The van der Waals surface area contributed by atoms with Crippen molar-refractivity contribution >= 4 is 23.4 Å². The maximum atomic E-state index is 4.83. The van der Waals surface area contributed by atoms with Crippen molar-refractivity contribution in [1.29, 1.82) is 0 Å². The molecule has 0 unspecified atom stereocenters. The zero-order valence-corrected chi connectivity index (χ0v) is 24.8. The molecule has 210 valence electrons. The van der Waals surface area contributed by atoms with Crippen molar-refractivity contribution in [3.8, 4) is 0 Å². The first-order chi connectivity index (χ1) is 18.6. The number of pyridine rings is 1. The van der Waals surface area contributed by atoms with E-state index in [1.807, 2.05) is 57.2 Å². The first-order valence-electron chi connectivity index (χ1n) is 14.7. The van der Waals surface area contributed by atoms with Crippen molar-refractivity contribution in [1.82, 2.24) is 15.0 Å². The Hall–Kier alpha value is -3.09. The SMILES string of the molecule is CC.CCCCCCC.CN(C)c1cc(NC2=CCCCC=C2)nc(N2CCN(c3ccccn3)CC2)n1. The molecular formula is C31H51N7. The fourth-order valence-corrected chi connectivity index (χ4v) is 4.22. The first-order valence-corrected chi connectivity index (χ1v) is 14.7. The van der Waals surface area contributed by atoms with E-state index in [1.54, 1.807) is 0 Å². The van der Waals surface area contributed by atoms with Crippen LogP contribution in [0.1, 0.15) is 79.1 Å². The molecule has 38 heavy (non-hydrogen) atoms. The number of aromatic nitrogens is 3. The summed E-state index contributed by atoms with van der Waals surface area (Å²) in [6.07, 6.45) is 18.9. The number of anilines is 4. The number of hydrogen-bond acceptors (Lipinski definition) is 7. The molecule has 3 heterocycles. The van der Waals surface area contributed by atoms with Gasteiger partial charge >= 0.3 is 0 Å². The number of nitrogens with zero attached hydrogens (tertiary/aromatic N) is 6. The lowest BCUT2D eigenvalue weighted by atomic mass is 10.2. The molecule has 0 amide bonds. The minimum atomic E-state index is 0.776. The Bertz CT molecular complexity index is 944. The van der Waals surface area contributed by atoms with E-state index >= 15 is 0 Å². The Kier molecular flexibility index (Phi) is 14.9. The van der Waals surface area contributed by atoms with Gasteiger partial charge in [0, 0.05) is 58.2 Å². The highest BCUT2D eigenvalue weighted by molar-refractivity contribution is 5.57. The maximum absolute atomic E-state index is 4.83. The molecule has 7 heteroatoms. The van der Waals surface area contributed by atoms with Gasteiger partial charge in [0.1, 0.15) is 17.5 Å². The monoisotopic (exact) mass is 521 g/mol. The third-order valence-electron chi connectivity index (χ3n) is 6.41. The maximum Gasteiger partial charge on any atom is 0.229 e. The van der Waals surface area contributed by atoms with Crippen LogP contribution in [0, 0.1) is 0 Å². The normalized spacial score (nSPS) is 14.8. The Morgan fingerprint density at radius 2 is 1.61 bits per heavy atom. The highest BCUT2D eigenvalue weighted by Crippen LogP contribution is 2.23. The molecular weight excluding hydrogens is 470 g/mol. The van der Waals surface area contributed by atoms with Crippen molar-refractivity contribution in [3.63, 3.8) is 0 Å². The molecule has 0 atom stereocenters. The van der Waals surface area contributed by atoms with E-state index in [0.717, 1.165) is 68.1 Å². The molecule has 2 aromatic heterocycles. The highest BCUT2D eigenvalue weighted by Gasteiger charge is 2.21. The van der Waals surface area contributed by atoms with E-state index in [2.05, 4.69) is 58.2 Å². The largest absolute Gasteiger partial charge is 0.363 e. The summed E-state index contributed by atoms with van der Waals surface area (Å²) in [7, 11) is 4.03. The Labute approximate surface area is 232 Å². The lowest BCUT2D eigenvalue weighted by Gasteiger charge is -2.35. The van der Waals surface area contributed by atoms with Gasteiger partial charge in [-0.2, -0.15) is 9.97 Å². The molecule has 0 bridgehead atoms. The van der Waals surface area contributed by atoms with Crippen LogP contribution in [0.3, 0.4) is 0 Å². The van der Waals surface area contributed by atoms with Gasteiger partial charge in [-0.1, -0.05) is 78.0 Å². The van der Waals surface area contributed by atoms with Crippen molar-refractivity contribution in [2.24, 2.45) is 0 Å². The summed E-state index contributed by atoms with van der Waals surface area (Å²) in [5.41, 5.74) is 1.11. The van der Waals surface area contributed by atoms with Crippen molar-refractivity contribution in [3.05, 3.63) is 54.4 Å². The van der Waals surface area contributed by atoms with Crippen LogP contribution >= 0.6 is 0 Å². The van der Waals surface area contributed by atoms with Crippen LogP contribution in [-0.2, 0) is 0 Å². The summed E-state index contributed by atoms with van der Waals surface area (Å²) in [6, 6.07) is 8.06. The third-order valence-corrected chi connectivity index (χ3v) is 6.41. The highest BCUT2D eigenvalue weighted by atomic mass is 15.3. The summed E-state index contributed by atoms with van der Waals surface area (Å²) in [4.78, 5) is 20.7. The zero-order valence-electron chi connectivity index (χ0n) is 24.8. The second kappa shape index (κ2) is 18.2. The summed E-state index contributed by atoms with van der Waals surface area (Å²) >= 11 is 0. The van der Waals surface area contributed by atoms with E-state index in [-0.39, 0.29) is 0 Å². The lowest BCUT2D eigenvalue weighted by molar-refractivity contribution is 0.635. The molecule has 0 spiro atoms. The van der Waals surface area contributed by atoms with Crippen LogP contribution in [0.5, 0.6) is 0 Å². The molecule has 1 N–H and O–H groups in total. The summed E-state index contributed by atoms with van der Waals surface area (Å²) in [5.74, 6) is 3.55. The molecule has 0 saturated carbocycles. The zero-order chi connectivity index (χ0) is 27.6. The van der Waals surface area contributed by atoms with Gasteiger partial charge in [0.05, 0.1) is 0 Å². The van der Waals surface area contributed by atoms with Gasteiger partial charge < -0.3 is 20.0 Å². The molecule has 7 nitrogen and oxygen atoms in total. The molecule has 1 saturated heterocycles. The van der Waals surface area contributed by atoms with Crippen LogP contribution in [0.2, 0.25) is 0 Å². The van der Waals surface area contributed by atoms with Gasteiger partial charge in [-0.15, -0.1) is 0 Å². The predicted molar refractivity (Wildman–Crippen MR) is 165 cm³/mol. The summed E-state index contributed by atoms with van der Waals surface area (Å²) in [6.45, 7) is 12.0. The van der Waals surface area contributed by atoms with Gasteiger partial charge in [-0.3, -0.25) is 0 Å². The number of nitrogens with one attached hydrogen (secondary N) is 1. The van der Waals surface area contributed by atoms with Gasteiger partial charge in [0.2, 0.25) is 5.95 Å². The Morgan fingerprint density at radius 1 is 0.895 bits per heavy atom. The van der Waals surface area contributed by atoms with Crippen molar-refractivity contribution in [2.75, 3.05) is 60.3 Å². The van der Waals surface area contributed by atoms with Gasteiger partial charge in [-0.25, -0.2) is 4.98 Å². The number of allylic oxidation sites excluding steroid dienone is 3. The third kappa shape index (κ3) is 10.7. The Morgan fingerprint density at radius 3 is 2.24 bits per heavy atom. The van der Waals surface area contributed by atoms with E-state index in [4.69, 9.17) is 9.97 Å². The van der Waals surface area contributed by atoms with Crippen molar-refractivity contribution in [2.45, 2.75) is 79.1 Å². The van der Waals surface area contributed by atoms with Gasteiger partial charge in [-0.05, 0) is 37.5 Å². The van der Waals surface area contributed by atoms with Gasteiger partial charge in [0.15, 0.2) is 0 Å². The second-order valence-corrected chi connectivity index (χ2v) is 9.65. The fourth-order valence-electron chi connectivity index (χ4n) is 4.22. The number of piperazine rings is 1. The predicted octanol–water partition coefficient (Wildman–Crippen LogP) is 7.30. The second-order valence-electron chi connectivity index (χ2n) is 9.65. The molecule has 2 aromatic rings. The molecule has 1 aliphatic carbocycles. The average molecular weight is 522 g/mol. The molecule has 1 aliphatic heterocycles. The van der Waals surface area contributed by atoms with Crippen LogP contribution in [0.15, 0.2) is 54.4 Å². The number of rotatable bonds is 9. The van der Waals surface area contributed by atoms with Crippen LogP contribution in [0.4, 0.5) is 23.4 Å². The van der Waals surface area contributed by atoms with E-state index in [1.165, 1.54) is 38.5 Å². The average Bonchev–Trinajstić information content (AvgIpc) is 3.24. The Balaban J connectivity index is 0.000000491. The molecule has 0 aromatic carbocycles. The quantitative estimate of drug-likeness (QED) is 0.347. The standard InChI is InChI=1S/C22H29N7.C7H16.C2H6/c1-27(2)21-17-19(24-18-9-5-3-4-6-10-18)25-22(26-21)29-15-13-28(14-16-29)20-11-7-8-12-23-20;1-3-5-7-6-4-2;1-2/h5,7-12,17H,3-4,6,13-16H2,1-2H3,(H,24,25,26);3-7H2,1-2H3;1-2H3. The van der Waals surface area contributed by atoms with Gasteiger partial charge in [0.25, 0.3) is 0 Å². The van der Waals surface area contributed by atoms with Crippen molar-refractivity contribution < 1.29 is 0 Å². The van der Waals surface area contributed by atoms with E-state index in [0.29, 0.717) is 0 Å². The lowest BCUT2D eigenvalue weighted by Crippen LogP contribution is -2.47. The topological polar surface area (TPSA) is 60.4 Å². The number of unbranched alkanes of at least 4 members (excludes halogenated alkanes) is 4. The number of hydrogen-bond donors (Lipinski definition) is 1. The molecule has 4 rings (SSSR count). The minimum absolute atomic E-state index is 0.776. The fraction of sp³-hybridized carbons (Fsp3) is 0.581. The van der Waals surface area contributed by atoms with E-state index in [9.17, 15) is 0 Å². The van der Waals surface area contributed by atoms with Crippen LogP contribution < -0.4 is 20.0 Å². The van der Waals surface area contributed by atoms with Crippen LogP contribution in [-0.4, -0.2) is 55.2 Å². The summed E-state index contributed by atoms with van der Waals surface area (Å²) < 4.78 is 0. The summed E-state index contributed by atoms with van der Waals surface area (Å²) in [5, 5.41) is 3.48. The molecule has 1 fully saturated rings. The smallest absolute Gasteiger partial charge is 0.229 e. The molecule has 0 radical (unpaired) electrons. The van der Waals surface area contributed by atoms with Crippen LogP contribution in [0.25, 0.3) is 0 Å². The van der Waals surface area contributed by atoms with E-state index < -0.39 is 0 Å². The first kappa shape index (κ1) is 31.1. The minimum Gasteiger partial charge on any atom is -0.363 e. The molecule has 2 aliphatic rings.